The van der Waals surface area contributed by atoms with Crippen molar-refractivity contribution < 1.29 is 19.3 Å². The Morgan fingerprint density at radius 2 is 1.26 bits per heavy atom. The van der Waals surface area contributed by atoms with Crippen LogP contribution in [0.15, 0.2) is 30.3 Å². The van der Waals surface area contributed by atoms with Crippen molar-refractivity contribution in [2.24, 2.45) is 0 Å². The molecule has 1 aromatic carbocycles. The topological polar surface area (TPSA) is 47.9 Å². The predicted octanol–water partition coefficient (Wildman–Crippen LogP) is 5.11. The van der Waals surface area contributed by atoms with Gasteiger partial charge < -0.3 is 19.3 Å². The third-order valence-electron chi connectivity index (χ3n) is 3.78. The van der Waals surface area contributed by atoms with E-state index in [-0.39, 0.29) is 0 Å². The quantitative estimate of drug-likeness (QED) is 0.453. The molecule has 0 aliphatic carbocycles. The van der Waals surface area contributed by atoms with Crippen molar-refractivity contribution in [3.05, 3.63) is 30.3 Å². The average Bonchev–Trinajstić information content (AvgIpc) is 2.59. The van der Waals surface area contributed by atoms with Gasteiger partial charge in [-0.3, -0.25) is 0 Å². The molecule has 4 heteroatoms. The number of aromatic hydroxyl groups is 1. The molecular formula is C19H34O4. The van der Waals surface area contributed by atoms with Crippen molar-refractivity contribution in [3.8, 4) is 5.75 Å². The molecule has 0 bridgehead atoms. The molecule has 1 aromatic rings. The summed E-state index contributed by atoms with van der Waals surface area (Å²) >= 11 is 0. The summed E-state index contributed by atoms with van der Waals surface area (Å²) in [6.07, 6.45) is 9.77. The number of unbranched alkanes of at least 4 members (excludes halogenated alkanes) is 6. The van der Waals surface area contributed by atoms with Crippen molar-refractivity contribution >= 4 is 0 Å². The third kappa shape index (κ3) is 11.1. The smallest absolute Gasteiger partial charge is 0.282 e. The Labute approximate surface area is 141 Å². The van der Waals surface area contributed by atoms with E-state index in [1.54, 1.807) is 45.6 Å². The fourth-order valence-electron chi connectivity index (χ4n) is 2.28. The van der Waals surface area contributed by atoms with Gasteiger partial charge in [-0.05, 0) is 18.6 Å². The normalized spacial score (nSPS) is 11.0. The van der Waals surface area contributed by atoms with Crippen LogP contribution in [0.4, 0.5) is 0 Å². The molecule has 0 saturated carbocycles. The Kier molecular flexibility index (Phi) is 13.8. The molecule has 0 aliphatic heterocycles. The Morgan fingerprint density at radius 1 is 0.783 bits per heavy atom. The molecule has 0 spiro atoms. The first-order valence-corrected chi connectivity index (χ1v) is 8.53. The maximum Gasteiger partial charge on any atom is 0.282 e. The molecule has 4 nitrogen and oxygen atoms in total. The van der Waals surface area contributed by atoms with Crippen LogP contribution in [0.1, 0.15) is 58.3 Å². The number of rotatable bonds is 11. The fourth-order valence-corrected chi connectivity index (χ4v) is 2.28. The summed E-state index contributed by atoms with van der Waals surface area (Å²) in [7, 11) is 4.86. The van der Waals surface area contributed by atoms with E-state index in [0.29, 0.717) is 5.75 Å². The van der Waals surface area contributed by atoms with Crippen LogP contribution in [0, 0.1) is 0 Å². The van der Waals surface area contributed by atoms with Crippen LogP contribution in [-0.2, 0) is 14.2 Å². The van der Waals surface area contributed by atoms with Gasteiger partial charge in [0.15, 0.2) is 0 Å². The summed E-state index contributed by atoms with van der Waals surface area (Å²) in [5, 5.41) is 8.63. The van der Waals surface area contributed by atoms with Gasteiger partial charge in [0.1, 0.15) is 5.75 Å². The highest BCUT2D eigenvalue weighted by molar-refractivity contribution is 5.18. The zero-order valence-corrected chi connectivity index (χ0v) is 15.2. The summed E-state index contributed by atoms with van der Waals surface area (Å²) in [6.45, 7) is 2.24. The highest BCUT2D eigenvalue weighted by atomic mass is 16.9. The van der Waals surface area contributed by atoms with Crippen LogP contribution in [-0.4, -0.2) is 32.4 Å². The lowest BCUT2D eigenvalue weighted by molar-refractivity contribution is -0.355. The number of benzene rings is 1. The zero-order chi connectivity index (χ0) is 17.4. The summed E-state index contributed by atoms with van der Waals surface area (Å²) in [5.74, 6) is -0.508. The highest BCUT2D eigenvalue weighted by Crippen LogP contribution is 2.21. The second-order valence-corrected chi connectivity index (χ2v) is 5.50. The van der Waals surface area contributed by atoms with Gasteiger partial charge in [0.25, 0.3) is 5.97 Å². The zero-order valence-electron chi connectivity index (χ0n) is 15.2. The van der Waals surface area contributed by atoms with Crippen molar-refractivity contribution in [3.63, 3.8) is 0 Å². The second-order valence-electron chi connectivity index (χ2n) is 5.50. The lowest BCUT2D eigenvalue weighted by atomic mass is 10.1. The molecule has 23 heavy (non-hydrogen) atoms. The SMILES string of the molecule is CCCCCCCCCC(OC)(OC)OC.Oc1ccccc1. The van der Waals surface area contributed by atoms with E-state index >= 15 is 0 Å². The largest absolute Gasteiger partial charge is 0.508 e. The number of hydrogen-bond acceptors (Lipinski definition) is 4. The van der Waals surface area contributed by atoms with Crippen molar-refractivity contribution in [2.75, 3.05) is 21.3 Å². The van der Waals surface area contributed by atoms with Crippen LogP contribution >= 0.6 is 0 Å². The minimum atomic E-state index is -0.830. The van der Waals surface area contributed by atoms with E-state index in [9.17, 15) is 0 Å². The van der Waals surface area contributed by atoms with E-state index in [1.807, 2.05) is 6.07 Å². The molecule has 0 fully saturated rings. The van der Waals surface area contributed by atoms with Crippen LogP contribution < -0.4 is 0 Å². The fraction of sp³-hybridized carbons (Fsp3) is 0.684. The number of phenolic OH excluding ortho intramolecular Hbond substituents is 1. The minimum absolute atomic E-state index is 0.322. The summed E-state index contributed by atoms with van der Waals surface area (Å²) in [6, 6.07) is 8.71. The number of para-hydroxylation sites is 1. The van der Waals surface area contributed by atoms with Gasteiger partial charge in [-0.1, -0.05) is 63.6 Å². The first-order chi connectivity index (χ1) is 11.1. The third-order valence-corrected chi connectivity index (χ3v) is 3.78. The molecule has 0 amide bonds. The van der Waals surface area contributed by atoms with E-state index < -0.39 is 5.97 Å². The first kappa shape index (κ1) is 21.9. The molecule has 1 rings (SSSR count). The molecule has 0 aromatic heterocycles. The van der Waals surface area contributed by atoms with E-state index in [1.165, 1.54) is 38.5 Å². The standard InChI is InChI=1S/C13H28O3.C6H6O/c1-5-6-7-8-9-10-11-12-13(14-2,15-3)16-4;7-6-4-2-1-3-5-6/h5-12H2,1-4H3;1-5,7H. The van der Waals surface area contributed by atoms with Gasteiger partial charge in [-0.15, -0.1) is 0 Å². The molecule has 134 valence electrons. The number of hydrogen-bond donors (Lipinski definition) is 1. The van der Waals surface area contributed by atoms with Gasteiger partial charge in [-0.2, -0.15) is 0 Å². The monoisotopic (exact) mass is 326 g/mol. The second kappa shape index (κ2) is 14.5. The number of phenols is 1. The number of methoxy groups -OCH3 is 3. The molecule has 0 aliphatic rings. The Balaban J connectivity index is 0.000000568. The van der Waals surface area contributed by atoms with Crippen molar-refractivity contribution in [1.29, 1.82) is 0 Å². The van der Waals surface area contributed by atoms with Gasteiger partial charge in [0.05, 0.1) is 0 Å². The molecule has 0 heterocycles. The van der Waals surface area contributed by atoms with Crippen LogP contribution in [0.3, 0.4) is 0 Å². The minimum Gasteiger partial charge on any atom is -0.508 e. The van der Waals surface area contributed by atoms with Gasteiger partial charge in [-0.25, -0.2) is 0 Å². The lowest BCUT2D eigenvalue weighted by Crippen LogP contribution is -2.35. The van der Waals surface area contributed by atoms with E-state index in [4.69, 9.17) is 19.3 Å². The summed E-state index contributed by atoms with van der Waals surface area (Å²) in [4.78, 5) is 0. The van der Waals surface area contributed by atoms with E-state index in [0.717, 1.165) is 12.8 Å². The molecule has 0 saturated heterocycles. The lowest BCUT2D eigenvalue weighted by Gasteiger charge is -2.28. The maximum absolute atomic E-state index is 8.63. The molecular weight excluding hydrogens is 292 g/mol. The van der Waals surface area contributed by atoms with E-state index in [2.05, 4.69) is 6.92 Å². The van der Waals surface area contributed by atoms with Crippen LogP contribution in [0.2, 0.25) is 0 Å². The Bertz CT molecular complexity index is 341. The Morgan fingerprint density at radius 3 is 1.65 bits per heavy atom. The summed E-state index contributed by atoms with van der Waals surface area (Å²) in [5.41, 5.74) is 0. The first-order valence-electron chi connectivity index (χ1n) is 8.53. The van der Waals surface area contributed by atoms with Crippen molar-refractivity contribution in [1.82, 2.24) is 0 Å². The number of ether oxygens (including phenoxy) is 3. The van der Waals surface area contributed by atoms with Crippen molar-refractivity contribution in [2.45, 2.75) is 64.3 Å². The van der Waals surface area contributed by atoms with Crippen LogP contribution in [0.25, 0.3) is 0 Å². The van der Waals surface area contributed by atoms with Gasteiger partial charge in [0.2, 0.25) is 0 Å². The van der Waals surface area contributed by atoms with Crippen LogP contribution in [0.5, 0.6) is 5.75 Å². The summed E-state index contributed by atoms with van der Waals surface area (Å²) < 4.78 is 15.7. The van der Waals surface area contributed by atoms with Gasteiger partial charge >= 0.3 is 0 Å². The molecule has 0 radical (unpaired) electrons. The Hall–Kier alpha value is -1.10. The molecule has 0 unspecified atom stereocenters. The predicted molar refractivity (Wildman–Crippen MR) is 94.5 cm³/mol. The average molecular weight is 326 g/mol. The highest BCUT2D eigenvalue weighted by Gasteiger charge is 2.28. The maximum atomic E-state index is 8.63. The molecule has 0 atom stereocenters. The van der Waals surface area contributed by atoms with Gasteiger partial charge in [0, 0.05) is 27.8 Å². The molecule has 1 N–H and O–H groups in total.